The second-order valence-corrected chi connectivity index (χ2v) is 9.63. The summed E-state index contributed by atoms with van der Waals surface area (Å²) in [5.74, 6) is -2.97. The summed E-state index contributed by atoms with van der Waals surface area (Å²) in [5, 5.41) is 8.76. The van der Waals surface area contributed by atoms with Gasteiger partial charge in [-0.05, 0) is 42.0 Å². The van der Waals surface area contributed by atoms with Gasteiger partial charge in [0.25, 0.3) is 11.5 Å². The molecule has 0 spiro atoms. The number of carbonyl (C=O) groups is 2. The SMILES string of the molecule is CC(=O)NC[C@@H](NC(=O)c1cccn(Cc2ccc(F)c(F)c2)c1=O)c1nc(-c2c[nH]c3ncccc23)cs1. The summed E-state index contributed by atoms with van der Waals surface area (Å²) >= 11 is 1.30. The first-order valence-corrected chi connectivity index (χ1v) is 12.7. The van der Waals surface area contributed by atoms with Gasteiger partial charge in [0.15, 0.2) is 11.6 Å². The number of rotatable bonds is 8. The summed E-state index contributed by atoms with van der Waals surface area (Å²) in [6.45, 7) is 1.36. The monoisotopic (exact) mass is 548 g/mol. The molecule has 0 saturated heterocycles. The number of thiazole rings is 1. The quantitative estimate of drug-likeness (QED) is 0.273. The Kier molecular flexibility index (Phi) is 7.28. The van der Waals surface area contributed by atoms with E-state index in [1.807, 2.05) is 17.5 Å². The Bertz CT molecular complexity index is 1740. The molecule has 0 radical (unpaired) electrons. The molecule has 39 heavy (non-hydrogen) atoms. The Morgan fingerprint density at radius 3 is 2.79 bits per heavy atom. The lowest BCUT2D eigenvalue weighted by molar-refractivity contribution is -0.119. The number of aromatic nitrogens is 4. The van der Waals surface area contributed by atoms with Crippen LogP contribution in [0.15, 0.2) is 71.2 Å². The molecule has 1 aromatic carbocycles. The normalized spacial score (nSPS) is 11.9. The van der Waals surface area contributed by atoms with Crippen LogP contribution in [0.3, 0.4) is 0 Å². The fourth-order valence-corrected chi connectivity index (χ4v) is 4.96. The molecule has 2 amide bonds. The van der Waals surface area contributed by atoms with E-state index in [9.17, 15) is 23.2 Å². The van der Waals surface area contributed by atoms with Crippen molar-refractivity contribution >= 4 is 34.2 Å². The Hall–Kier alpha value is -4.71. The zero-order chi connectivity index (χ0) is 27.5. The molecule has 0 aliphatic carbocycles. The lowest BCUT2D eigenvalue weighted by Crippen LogP contribution is -2.39. The Morgan fingerprint density at radius 2 is 2.00 bits per heavy atom. The number of fused-ring (bicyclic) bond motifs is 1. The average Bonchev–Trinajstić information content (AvgIpc) is 3.57. The first-order chi connectivity index (χ1) is 18.8. The minimum absolute atomic E-state index is 0.0538. The van der Waals surface area contributed by atoms with E-state index in [1.54, 1.807) is 12.4 Å². The highest BCUT2D eigenvalue weighted by Gasteiger charge is 2.22. The summed E-state index contributed by atoms with van der Waals surface area (Å²) < 4.78 is 28.1. The van der Waals surface area contributed by atoms with Crippen LogP contribution in [-0.4, -0.2) is 37.9 Å². The maximum atomic E-state index is 13.6. The van der Waals surface area contributed by atoms with Crippen molar-refractivity contribution in [3.05, 3.63) is 105 Å². The van der Waals surface area contributed by atoms with E-state index < -0.39 is 29.1 Å². The topological polar surface area (TPSA) is 122 Å². The fourth-order valence-electron chi connectivity index (χ4n) is 4.09. The van der Waals surface area contributed by atoms with Gasteiger partial charge in [-0.2, -0.15) is 0 Å². The Balaban J connectivity index is 1.40. The molecule has 5 rings (SSSR count). The van der Waals surface area contributed by atoms with Crippen LogP contribution in [0.4, 0.5) is 8.78 Å². The van der Waals surface area contributed by atoms with Gasteiger partial charge in [0, 0.05) is 48.4 Å². The number of hydrogen-bond donors (Lipinski definition) is 3. The second kappa shape index (κ2) is 11.0. The largest absolute Gasteiger partial charge is 0.354 e. The third-order valence-electron chi connectivity index (χ3n) is 6.01. The molecule has 0 fully saturated rings. The predicted molar refractivity (Wildman–Crippen MR) is 142 cm³/mol. The molecule has 198 valence electrons. The fraction of sp³-hybridized carbons (Fsp3) is 0.148. The number of aromatic amines is 1. The van der Waals surface area contributed by atoms with Crippen LogP contribution in [0.25, 0.3) is 22.3 Å². The molecular weight excluding hydrogens is 526 g/mol. The summed E-state index contributed by atoms with van der Waals surface area (Å²) in [7, 11) is 0. The van der Waals surface area contributed by atoms with Crippen molar-refractivity contribution in [2.45, 2.75) is 19.5 Å². The molecule has 0 bridgehead atoms. The minimum Gasteiger partial charge on any atom is -0.354 e. The summed E-state index contributed by atoms with van der Waals surface area (Å²) in [6, 6.07) is 9.27. The smallest absolute Gasteiger partial charge is 0.263 e. The van der Waals surface area contributed by atoms with Crippen LogP contribution in [0, 0.1) is 11.6 Å². The van der Waals surface area contributed by atoms with Crippen LogP contribution < -0.4 is 16.2 Å². The van der Waals surface area contributed by atoms with E-state index in [0.717, 1.165) is 23.1 Å². The van der Waals surface area contributed by atoms with E-state index >= 15 is 0 Å². The van der Waals surface area contributed by atoms with Crippen molar-refractivity contribution in [1.82, 2.24) is 30.2 Å². The zero-order valence-corrected chi connectivity index (χ0v) is 21.4. The first-order valence-electron chi connectivity index (χ1n) is 11.9. The highest BCUT2D eigenvalue weighted by molar-refractivity contribution is 7.10. The predicted octanol–water partition coefficient (Wildman–Crippen LogP) is 3.78. The number of amides is 2. The average molecular weight is 549 g/mol. The third kappa shape index (κ3) is 5.60. The van der Waals surface area contributed by atoms with Crippen LogP contribution in [0.2, 0.25) is 0 Å². The van der Waals surface area contributed by atoms with Gasteiger partial charge in [-0.3, -0.25) is 14.4 Å². The van der Waals surface area contributed by atoms with Crippen molar-refractivity contribution in [2.75, 3.05) is 6.54 Å². The third-order valence-corrected chi connectivity index (χ3v) is 6.97. The molecule has 0 unspecified atom stereocenters. The molecule has 0 aliphatic heterocycles. The number of benzene rings is 1. The number of carbonyl (C=O) groups excluding carboxylic acids is 2. The van der Waals surface area contributed by atoms with E-state index in [2.05, 4.69) is 20.6 Å². The molecule has 4 heterocycles. The maximum absolute atomic E-state index is 13.6. The van der Waals surface area contributed by atoms with Crippen LogP contribution in [-0.2, 0) is 11.3 Å². The van der Waals surface area contributed by atoms with Crippen LogP contribution >= 0.6 is 11.3 Å². The van der Waals surface area contributed by atoms with Gasteiger partial charge >= 0.3 is 0 Å². The molecule has 4 aromatic heterocycles. The first kappa shape index (κ1) is 25.9. The number of H-pyrrole nitrogens is 1. The van der Waals surface area contributed by atoms with Gasteiger partial charge < -0.3 is 20.2 Å². The van der Waals surface area contributed by atoms with Crippen LogP contribution in [0.1, 0.15) is 33.9 Å². The Labute approximate surface area is 224 Å². The van der Waals surface area contributed by atoms with E-state index in [1.165, 1.54) is 47.2 Å². The molecule has 9 nitrogen and oxygen atoms in total. The van der Waals surface area contributed by atoms with E-state index in [0.29, 0.717) is 21.9 Å². The maximum Gasteiger partial charge on any atom is 0.263 e. The second-order valence-electron chi connectivity index (χ2n) is 8.74. The number of nitrogens with zero attached hydrogens (tertiary/aromatic N) is 3. The van der Waals surface area contributed by atoms with E-state index in [4.69, 9.17) is 4.98 Å². The Morgan fingerprint density at radius 1 is 1.15 bits per heavy atom. The van der Waals surface area contributed by atoms with Gasteiger partial charge in [0.1, 0.15) is 16.2 Å². The van der Waals surface area contributed by atoms with Crippen molar-refractivity contribution in [1.29, 1.82) is 0 Å². The van der Waals surface area contributed by atoms with Gasteiger partial charge in [0.2, 0.25) is 5.91 Å². The molecular formula is C27H22F2N6O3S. The minimum atomic E-state index is -1.03. The number of hydrogen-bond acceptors (Lipinski definition) is 6. The summed E-state index contributed by atoms with van der Waals surface area (Å²) in [4.78, 5) is 50.0. The van der Waals surface area contributed by atoms with Crippen molar-refractivity contribution in [3.63, 3.8) is 0 Å². The highest BCUT2D eigenvalue weighted by Crippen LogP contribution is 2.30. The van der Waals surface area contributed by atoms with Crippen molar-refractivity contribution in [2.24, 2.45) is 0 Å². The molecule has 5 aromatic rings. The van der Waals surface area contributed by atoms with Gasteiger partial charge in [-0.1, -0.05) is 6.07 Å². The molecule has 3 N–H and O–H groups in total. The van der Waals surface area contributed by atoms with Crippen molar-refractivity contribution < 1.29 is 18.4 Å². The number of halogens is 2. The standard InChI is InChI=1S/C27H22F2N6O3S/c1-15(36)31-12-22(26-34-23(14-39-26)19-11-32-24-17(19)4-2-8-30-24)33-25(37)18-5-3-9-35(27(18)38)13-16-6-7-20(28)21(29)10-16/h2-11,14,22H,12-13H2,1H3,(H,30,32)(H,31,36)(H,33,37)/t22-/m1/s1. The van der Waals surface area contributed by atoms with Gasteiger partial charge in [-0.15, -0.1) is 11.3 Å². The molecule has 12 heteroatoms. The lowest BCUT2D eigenvalue weighted by atomic mass is 10.2. The zero-order valence-electron chi connectivity index (χ0n) is 20.6. The van der Waals surface area contributed by atoms with Crippen LogP contribution in [0.5, 0.6) is 0 Å². The number of pyridine rings is 2. The highest BCUT2D eigenvalue weighted by atomic mass is 32.1. The molecule has 0 aliphatic rings. The summed E-state index contributed by atoms with van der Waals surface area (Å²) in [6.07, 6.45) is 4.94. The van der Waals surface area contributed by atoms with Crippen molar-refractivity contribution in [3.8, 4) is 11.3 Å². The lowest BCUT2D eigenvalue weighted by Gasteiger charge is -2.17. The number of nitrogens with one attached hydrogen (secondary N) is 3. The van der Waals surface area contributed by atoms with Gasteiger partial charge in [0.05, 0.1) is 18.3 Å². The molecule has 0 saturated carbocycles. The molecule has 1 atom stereocenters. The van der Waals surface area contributed by atoms with Gasteiger partial charge in [-0.25, -0.2) is 18.7 Å². The summed E-state index contributed by atoms with van der Waals surface area (Å²) in [5.41, 5.74) is 1.84. The van der Waals surface area contributed by atoms with E-state index in [-0.39, 0.29) is 24.6 Å².